The van der Waals surface area contributed by atoms with Gasteiger partial charge in [-0.05, 0) is 58.3 Å². The van der Waals surface area contributed by atoms with E-state index in [2.05, 4.69) is 179 Å². The van der Waals surface area contributed by atoms with Gasteiger partial charge in [0.25, 0.3) is 0 Å². The first kappa shape index (κ1) is 27.7. The molecule has 0 saturated heterocycles. The summed E-state index contributed by atoms with van der Waals surface area (Å²) in [4.78, 5) is 11.1. The summed E-state index contributed by atoms with van der Waals surface area (Å²) in [5, 5.41) is 9.71. The van der Waals surface area contributed by atoms with Crippen molar-refractivity contribution in [1.29, 1.82) is 0 Å². The Hall–Kier alpha value is -7.04. The van der Waals surface area contributed by atoms with E-state index in [0.29, 0.717) is 0 Å². The molecular formula is C48H28N4. The van der Waals surface area contributed by atoms with Crippen LogP contribution in [-0.2, 0) is 0 Å². The molecule has 12 rings (SSSR count). The Kier molecular flexibility index (Phi) is 5.47. The van der Waals surface area contributed by atoms with Crippen LogP contribution in [0.25, 0.3) is 110 Å². The third-order valence-corrected chi connectivity index (χ3v) is 11.0. The lowest BCUT2D eigenvalue weighted by Crippen LogP contribution is -2.04. The van der Waals surface area contributed by atoms with Crippen molar-refractivity contribution in [3.8, 4) is 28.2 Å². The Balaban J connectivity index is 1.23. The van der Waals surface area contributed by atoms with Crippen LogP contribution in [-0.4, -0.2) is 18.9 Å². The molecular weight excluding hydrogens is 633 g/mol. The first-order valence-corrected chi connectivity index (χ1v) is 17.8. The lowest BCUT2D eigenvalue weighted by Gasteiger charge is -2.15. The van der Waals surface area contributed by atoms with Gasteiger partial charge in [0, 0.05) is 37.9 Å². The number of benzene rings is 8. The molecule has 4 heterocycles. The maximum Gasteiger partial charge on any atom is 0.165 e. The second-order valence-corrected chi connectivity index (χ2v) is 13.8. The van der Waals surface area contributed by atoms with Crippen molar-refractivity contribution in [2.45, 2.75) is 0 Å². The molecule has 4 heteroatoms. The van der Waals surface area contributed by atoms with Crippen LogP contribution in [0.4, 0.5) is 0 Å². The lowest BCUT2D eigenvalue weighted by atomic mass is 10.0. The highest BCUT2D eigenvalue weighted by atomic mass is 15.1. The smallest absolute Gasteiger partial charge is 0.165 e. The van der Waals surface area contributed by atoms with E-state index in [1.165, 1.54) is 60.0 Å². The van der Waals surface area contributed by atoms with Crippen LogP contribution in [0.3, 0.4) is 0 Å². The molecule has 0 amide bonds. The molecule has 0 N–H and O–H groups in total. The maximum absolute atomic E-state index is 5.54. The van der Waals surface area contributed by atoms with Crippen LogP contribution >= 0.6 is 0 Å². The summed E-state index contributed by atoms with van der Waals surface area (Å²) in [5.74, 6) is 0.824. The van der Waals surface area contributed by atoms with Crippen LogP contribution in [0, 0.1) is 0 Å². The van der Waals surface area contributed by atoms with E-state index < -0.39 is 0 Å². The molecule has 0 aliphatic carbocycles. The molecule has 52 heavy (non-hydrogen) atoms. The van der Waals surface area contributed by atoms with Crippen molar-refractivity contribution in [3.63, 3.8) is 0 Å². The Morgan fingerprint density at radius 2 is 1.02 bits per heavy atom. The number of hydrogen-bond acceptors (Lipinski definition) is 2. The van der Waals surface area contributed by atoms with Gasteiger partial charge in [0.05, 0.1) is 38.6 Å². The third kappa shape index (κ3) is 3.65. The molecule has 12 aromatic rings. The molecule has 0 aliphatic heterocycles. The lowest BCUT2D eigenvalue weighted by molar-refractivity contribution is 1.08. The Morgan fingerprint density at radius 1 is 0.385 bits per heavy atom. The molecule has 4 nitrogen and oxygen atoms in total. The first-order valence-electron chi connectivity index (χ1n) is 17.8. The molecule has 8 aromatic carbocycles. The largest absolute Gasteiger partial charge is 0.308 e. The van der Waals surface area contributed by atoms with Crippen molar-refractivity contribution in [1.82, 2.24) is 18.9 Å². The maximum atomic E-state index is 5.54. The van der Waals surface area contributed by atoms with Gasteiger partial charge in [0.1, 0.15) is 5.69 Å². The van der Waals surface area contributed by atoms with Crippen molar-refractivity contribution in [2.24, 2.45) is 0 Å². The molecule has 240 valence electrons. The monoisotopic (exact) mass is 660 g/mol. The summed E-state index contributed by atoms with van der Waals surface area (Å²) in [6, 6.07) is 61.0. The van der Waals surface area contributed by atoms with E-state index in [-0.39, 0.29) is 0 Å². The standard InChI is InChI=1S/C48H28N4/c1-3-12-29(13-4-1)31-24-26-33-32(28-31)25-27-38-46(33)50-45(30-14-5-2-6-15-30)48(49-38)52-40-21-10-17-35-37-19-9-18-36-34-16-7-8-20-39(34)51(47(36)37)41-22-11-23-42(52)44(41)43(35)40/h1-28H. The zero-order valence-corrected chi connectivity index (χ0v) is 28.0. The number of para-hydroxylation sites is 2. The van der Waals surface area contributed by atoms with Gasteiger partial charge in [-0.15, -0.1) is 0 Å². The highest BCUT2D eigenvalue weighted by Crippen LogP contribution is 2.45. The van der Waals surface area contributed by atoms with E-state index in [0.717, 1.165) is 49.9 Å². The molecule has 0 bridgehead atoms. The normalized spacial score (nSPS) is 12.2. The molecule has 0 radical (unpaired) electrons. The van der Waals surface area contributed by atoms with Gasteiger partial charge in [0.15, 0.2) is 5.82 Å². The van der Waals surface area contributed by atoms with Gasteiger partial charge >= 0.3 is 0 Å². The topological polar surface area (TPSA) is 35.1 Å². The van der Waals surface area contributed by atoms with Crippen molar-refractivity contribution in [3.05, 3.63) is 170 Å². The number of nitrogens with zero attached hydrogens (tertiary/aromatic N) is 4. The summed E-state index contributed by atoms with van der Waals surface area (Å²) in [6.45, 7) is 0. The highest BCUT2D eigenvalue weighted by molar-refractivity contribution is 6.31. The summed E-state index contributed by atoms with van der Waals surface area (Å²) in [5.41, 5.74) is 11.9. The summed E-state index contributed by atoms with van der Waals surface area (Å²) >= 11 is 0. The molecule has 0 unspecified atom stereocenters. The van der Waals surface area contributed by atoms with E-state index in [1.54, 1.807) is 0 Å². The van der Waals surface area contributed by atoms with E-state index in [1.807, 2.05) is 0 Å². The number of hydrogen-bond donors (Lipinski definition) is 0. The van der Waals surface area contributed by atoms with Crippen LogP contribution in [0.2, 0.25) is 0 Å². The number of fused-ring (bicyclic) bond motifs is 8. The van der Waals surface area contributed by atoms with E-state index in [4.69, 9.17) is 9.97 Å². The average Bonchev–Trinajstić information content (AvgIpc) is 3.69. The predicted octanol–water partition coefficient (Wildman–Crippen LogP) is 12.4. The van der Waals surface area contributed by atoms with Crippen LogP contribution in [0.1, 0.15) is 0 Å². The Bertz CT molecular complexity index is 3390. The summed E-state index contributed by atoms with van der Waals surface area (Å²) in [7, 11) is 0. The van der Waals surface area contributed by atoms with Gasteiger partial charge in [-0.3, -0.25) is 4.57 Å². The van der Waals surface area contributed by atoms with Crippen molar-refractivity contribution < 1.29 is 0 Å². The first-order chi connectivity index (χ1) is 25.8. The highest BCUT2D eigenvalue weighted by Gasteiger charge is 2.24. The third-order valence-electron chi connectivity index (χ3n) is 11.0. The van der Waals surface area contributed by atoms with Crippen molar-refractivity contribution >= 4 is 81.7 Å². The van der Waals surface area contributed by atoms with Crippen LogP contribution in [0.15, 0.2) is 170 Å². The van der Waals surface area contributed by atoms with Gasteiger partial charge in [-0.25, -0.2) is 9.97 Å². The fourth-order valence-corrected chi connectivity index (χ4v) is 8.81. The SMILES string of the molecule is c1ccc(-c2ccc3c(ccc4nc(-n5c6cccc7c8cccc9c%10ccccc%10n(c%10cccc5c%10c76)c89)c(-c5ccccc5)nc43)c2)cc1. The Morgan fingerprint density at radius 3 is 1.87 bits per heavy atom. The Labute approximate surface area is 297 Å². The zero-order valence-electron chi connectivity index (χ0n) is 28.0. The fourth-order valence-electron chi connectivity index (χ4n) is 8.81. The summed E-state index contributed by atoms with van der Waals surface area (Å²) in [6.07, 6.45) is 0. The second kappa shape index (κ2) is 10.3. The van der Waals surface area contributed by atoms with Crippen LogP contribution < -0.4 is 0 Å². The van der Waals surface area contributed by atoms with Crippen LogP contribution in [0.5, 0.6) is 0 Å². The van der Waals surface area contributed by atoms with Gasteiger partial charge in [0.2, 0.25) is 0 Å². The molecule has 0 aliphatic rings. The van der Waals surface area contributed by atoms with Gasteiger partial charge in [-0.1, -0.05) is 133 Å². The zero-order chi connectivity index (χ0) is 33.9. The fraction of sp³-hybridized carbons (Fsp3) is 0. The molecule has 0 atom stereocenters. The molecule has 0 spiro atoms. The second-order valence-electron chi connectivity index (χ2n) is 13.8. The molecule has 0 fully saturated rings. The minimum atomic E-state index is 0.824. The van der Waals surface area contributed by atoms with E-state index in [9.17, 15) is 0 Å². The summed E-state index contributed by atoms with van der Waals surface area (Å²) < 4.78 is 4.83. The quantitative estimate of drug-likeness (QED) is 0.177. The molecule has 4 aromatic heterocycles. The minimum Gasteiger partial charge on any atom is -0.308 e. The number of aromatic nitrogens is 4. The molecule has 0 saturated carbocycles. The predicted molar refractivity (Wildman–Crippen MR) is 217 cm³/mol. The average molecular weight is 661 g/mol. The number of rotatable bonds is 3. The van der Waals surface area contributed by atoms with Crippen molar-refractivity contribution in [2.75, 3.05) is 0 Å². The minimum absolute atomic E-state index is 0.824. The van der Waals surface area contributed by atoms with E-state index >= 15 is 0 Å². The van der Waals surface area contributed by atoms with Gasteiger partial charge in [-0.2, -0.15) is 0 Å². The van der Waals surface area contributed by atoms with Gasteiger partial charge < -0.3 is 4.40 Å².